The van der Waals surface area contributed by atoms with Gasteiger partial charge in [-0.15, -0.1) is 0 Å². The summed E-state index contributed by atoms with van der Waals surface area (Å²) in [7, 11) is 1.33. The molecule has 0 spiro atoms. The van der Waals surface area contributed by atoms with Crippen molar-refractivity contribution in [3.63, 3.8) is 0 Å². The molecule has 0 atom stereocenters. The van der Waals surface area contributed by atoms with Gasteiger partial charge in [0.1, 0.15) is 5.82 Å². The van der Waals surface area contributed by atoms with Crippen molar-refractivity contribution in [2.75, 3.05) is 12.4 Å². The minimum absolute atomic E-state index is 0.208. The number of ether oxygens (including phenoxy) is 1. The molecule has 0 aliphatic rings. The van der Waals surface area contributed by atoms with E-state index in [2.05, 4.69) is 20.6 Å². The fourth-order valence-electron chi connectivity index (χ4n) is 2.41. The Morgan fingerprint density at radius 1 is 1.00 bits per heavy atom. The number of carbonyl (C=O) groups excluding carboxylic acids is 2. The zero-order valence-corrected chi connectivity index (χ0v) is 14.7. The van der Waals surface area contributed by atoms with Crippen molar-refractivity contribution in [2.45, 2.75) is 6.54 Å². The van der Waals surface area contributed by atoms with Crippen molar-refractivity contribution in [1.82, 2.24) is 15.3 Å². The summed E-state index contributed by atoms with van der Waals surface area (Å²) in [6, 6.07) is 13.8. The highest BCUT2D eigenvalue weighted by molar-refractivity contribution is 5.95. The van der Waals surface area contributed by atoms with Crippen LogP contribution in [0.5, 0.6) is 0 Å². The molecule has 2 aromatic heterocycles. The summed E-state index contributed by atoms with van der Waals surface area (Å²) in [5.74, 6) is -0.134. The number of aromatic nitrogens is 2. The number of anilines is 2. The first-order chi connectivity index (χ1) is 13.2. The van der Waals surface area contributed by atoms with Crippen molar-refractivity contribution >= 4 is 23.4 Å². The molecule has 0 fully saturated rings. The van der Waals surface area contributed by atoms with E-state index in [1.807, 2.05) is 12.1 Å². The number of methoxy groups -OCH3 is 1. The lowest BCUT2D eigenvalue weighted by molar-refractivity contribution is 0.0600. The lowest BCUT2D eigenvalue weighted by atomic mass is 10.2. The van der Waals surface area contributed by atoms with Gasteiger partial charge in [0.05, 0.1) is 12.7 Å². The van der Waals surface area contributed by atoms with Gasteiger partial charge in [0.2, 0.25) is 0 Å². The van der Waals surface area contributed by atoms with Gasteiger partial charge in [0.15, 0.2) is 0 Å². The molecule has 0 aliphatic carbocycles. The summed E-state index contributed by atoms with van der Waals surface area (Å²) in [6.07, 6.45) is 4.91. The number of hydrogen-bond acceptors (Lipinski definition) is 6. The number of nitrogens with one attached hydrogen (secondary N) is 2. The zero-order valence-electron chi connectivity index (χ0n) is 14.7. The molecule has 0 aliphatic heterocycles. The van der Waals surface area contributed by atoms with Crippen molar-refractivity contribution in [3.05, 3.63) is 83.8 Å². The van der Waals surface area contributed by atoms with E-state index in [4.69, 9.17) is 4.74 Å². The molecule has 7 heteroatoms. The van der Waals surface area contributed by atoms with Gasteiger partial charge in [-0.1, -0.05) is 6.07 Å². The van der Waals surface area contributed by atoms with E-state index in [0.29, 0.717) is 29.2 Å². The van der Waals surface area contributed by atoms with Crippen LogP contribution in [0, 0.1) is 0 Å². The molecular formula is C20H18N4O3. The number of hydrogen-bond donors (Lipinski definition) is 2. The Bertz CT molecular complexity index is 945. The highest BCUT2D eigenvalue weighted by atomic mass is 16.5. The predicted molar refractivity (Wildman–Crippen MR) is 101 cm³/mol. The lowest BCUT2D eigenvalue weighted by Crippen LogP contribution is -2.22. The fourth-order valence-corrected chi connectivity index (χ4v) is 2.41. The van der Waals surface area contributed by atoms with E-state index in [-0.39, 0.29) is 5.91 Å². The van der Waals surface area contributed by atoms with E-state index >= 15 is 0 Å². The average molecular weight is 362 g/mol. The number of pyridine rings is 2. The second kappa shape index (κ2) is 8.57. The standard InChI is InChI=1S/C20H18N4O3/c1-27-20(26)16-3-2-4-17(11-16)24-18-12-15(7-10-22-18)19(25)23-13-14-5-8-21-9-6-14/h2-12H,13H2,1H3,(H,22,24)(H,23,25). The zero-order chi connectivity index (χ0) is 19.1. The normalized spacial score (nSPS) is 10.1. The van der Waals surface area contributed by atoms with Crippen molar-refractivity contribution in [3.8, 4) is 0 Å². The summed E-state index contributed by atoms with van der Waals surface area (Å²) >= 11 is 0. The summed E-state index contributed by atoms with van der Waals surface area (Å²) in [5.41, 5.74) is 2.53. The Balaban J connectivity index is 1.68. The molecule has 2 heterocycles. The Labute approximate surface area is 156 Å². The first-order valence-electron chi connectivity index (χ1n) is 8.24. The van der Waals surface area contributed by atoms with Gasteiger partial charge in [0.25, 0.3) is 5.91 Å². The Kier molecular flexibility index (Phi) is 5.73. The molecule has 3 rings (SSSR count). The second-order valence-electron chi connectivity index (χ2n) is 5.67. The molecule has 0 saturated carbocycles. The molecule has 1 amide bonds. The van der Waals surface area contributed by atoms with Gasteiger partial charge in [-0.3, -0.25) is 9.78 Å². The SMILES string of the molecule is COC(=O)c1cccc(Nc2cc(C(=O)NCc3ccncc3)ccn2)c1. The molecule has 0 saturated heterocycles. The molecule has 27 heavy (non-hydrogen) atoms. The average Bonchev–Trinajstić information content (AvgIpc) is 2.72. The summed E-state index contributed by atoms with van der Waals surface area (Å²) in [5, 5.41) is 5.94. The first-order valence-corrected chi connectivity index (χ1v) is 8.24. The molecular weight excluding hydrogens is 344 g/mol. The summed E-state index contributed by atoms with van der Waals surface area (Å²) < 4.78 is 4.72. The molecule has 0 bridgehead atoms. The number of carbonyl (C=O) groups is 2. The van der Waals surface area contributed by atoms with Crippen LogP contribution < -0.4 is 10.6 Å². The number of amides is 1. The number of benzene rings is 1. The third-order valence-corrected chi connectivity index (χ3v) is 3.78. The van der Waals surface area contributed by atoms with Crippen molar-refractivity contribution in [1.29, 1.82) is 0 Å². The Morgan fingerprint density at radius 3 is 2.59 bits per heavy atom. The highest BCUT2D eigenvalue weighted by Crippen LogP contribution is 2.17. The maximum Gasteiger partial charge on any atom is 0.337 e. The lowest BCUT2D eigenvalue weighted by Gasteiger charge is -2.09. The molecule has 2 N–H and O–H groups in total. The van der Waals surface area contributed by atoms with E-state index in [1.54, 1.807) is 55.0 Å². The van der Waals surface area contributed by atoms with E-state index < -0.39 is 5.97 Å². The maximum absolute atomic E-state index is 12.4. The summed E-state index contributed by atoms with van der Waals surface area (Å²) in [4.78, 5) is 32.2. The Hall–Kier alpha value is -3.74. The third-order valence-electron chi connectivity index (χ3n) is 3.78. The van der Waals surface area contributed by atoms with Crippen molar-refractivity contribution < 1.29 is 14.3 Å². The maximum atomic E-state index is 12.4. The molecule has 136 valence electrons. The monoisotopic (exact) mass is 362 g/mol. The van der Waals surface area contributed by atoms with Gasteiger partial charge in [-0.05, 0) is 48.0 Å². The minimum atomic E-state index is -0.421. The quantitative estimate of drug-likeness (QED) is 0.655. The van der Waals surface area contributed by atoms with Crippen LogP contribution in [0.3, 0.4) is 0 Å². The van der Waals surface area contributed by atoms with Gasteiger partial charge >= 0.3 is 5.97 Å². The van der Waals surface area contributed by atoms with Gasteiger partial charge < -0.3 is 15.4 Å². The van der Waals surface area contributed by atoms with Crippen molar-refractivity contribution in [2.24, 2.45) is 0 Å². The fraction of sp³-hybridized carbons (Fsp3) is 0.100. The molecule has 3 aromatic rings. The van der Waals surface area contributed by atoms with Crippen LogP contribution in [-0.4, -0.2) is 29.0 Å². The van der Waals surface area contributed by atoms with Crippen LogP contribution in [0.4, 0.5) is 11.5 Å². The van der Waals surface area contributed by atoms with Crippen LogP contribution in [0.15, 0.2) is 67.1 Å². The summed E-state index contributed by atoms with van der Waals surface area (Å²) in [6.45, 7) is 0.410. The number of esters is 1. The molecule has 7 nitrogen and oxygen atoms in total. The van der Waals surface area contributed by atoms with Gasteiger partial charge in [-0.25, -0.2) is 9.78 Å². The highest BCUT2D eigenvalue weighted by Gasteiger charge is 2.09. The van der Waals surface area contributed by atoms with E-state index in [1.165, 1.54) is 7.11 Å². The third kappa shape index (κ3) is 4.88. The van der Waals surface area contributed by atoms with Gasteiger partial charge in [0, 0.05) is 36.4 Å². The predicted octanol–water partition coefficient (Wildman–Crippen LogP) is 2.94. The smallest absolute Gasteiger partial charge is 0.337 e. The number of nitrogens with zero attached hydrogens (tertiary/aromatic N) is 2. The van der Waals surface area contributed by atoms with Gasteiger partial charge in [-0.2, -0.15) is 0 Å². The number of rotatable bonds is 6. The minimum Gasteiger partial charge on any atom is -0.465 e. The van der Waals surface area contributed by atoms with Crippen LogP contribution >= 0.6 is 0 Å². The Morgan fingerprint density at radius 2 is 1.81 bits per heavy atom. The van der Waals surface area contributed by atoms with Crippen LogP contribution in [0.1, 0.15) is 26.3 Å². The first kappa shape index (κ1) is 18.1. The van der Waals surface area contributed by atoms with Crippen LogP contribution in [0.2, 0.25) is 0 Å². The van der Waals surface area contributed by atoms with E-state index in [9.17, 15) is 9.59 Å². The largest absolute Gasteiger partial charge is 0.465 e. The second-order valence-corrected chi connectivity index (χ2v) is 5.67. The molecule has 0 unspecified atom stereocenters. The van der Waals surface area contributed by atoms with Crippen LogP contribution in [0.25, 0.3) is 0 Å². The topological polar surface area (TPSA) is 93.2 Å². The van der Waals surface area contributed by atoms with E-state index in [0.717, 1.165) is 5.56 Å². The molecule has 1 aromatic carbocycles. The molecule has 0 radical (unpaired) electrons. The van der Waals surface area contributed by atoms with Crippen LogP contribution in [-0.2, 0) is 11.3 Å².